The molecule has 0 spiro atoms. The highest BCUT2D eigenvalue weighted by molar-refractivity contribution is 7.89. The molecule has 1 atom stereocenters. The largest absolute Gasteiger partial charge is 0.465 e. The third kappa shape index (κ3) is 4.98. The number of sulfonamides is 1. The van der Waals surface area contributed by atoms with Gasteiger partial charge in [-0.05, 0) is 54.1 Å². The molecule has 190 valence electrons. The Labute approximate surface area is 213 Å². The highest BCUT2D eigenvalue weighted by Gasteiger charge is 2.31. The fourth-order valence-electron chi connectivity index (χ4n) is 4.29. The molecule has 3 aromatic rings. The SMILES string of the molecule is COC(=O)c1cccc(S(=O)(=O)N(Cc2ccc3c(c2)OCO3)CC2C=c3cc(C)ccc3=NC2=O)c1. The average molecular weight is 521 g/mol. The maximum absolute atomic E-state index is 13.9. The van der Waals surface area contributed by atoms with Crippen LogP contribution in [0.2, 0.25) is 0 Å². The Balaban J connectivity index is 1.54. The van der Waals surface area contributed by atoms with E-state index in [-0.39, 0.29) is 30.3 Å². The molecule has 2 aliphatic rings. The third-order valence-corrected chi connectivity index (χ3v) is 8.01. The topological polar surface area (TPSA) is 112 Å². The predicted molar refractivity (Wildman–Crippen MR) is 133 cm³/mol. The molecule has 0 N–H and O–H groups in total. The van der Waals surface area contributed by atoms with Crippen LogP contribution in [0.1, 0.15) is 21.5 Å². The molecule has 2 aliphatic heterocycles. The zero-order valence-electron chi connectivity index (χ0n) is 20.2. The van der Waals surface area contributed by atoms with Crippen LogP contribution in [0, 0.1) is 12.8 Å². The van der Waals surface area contributed by atoms with Gasteiger partial charge in [0.15, 0.2) is 11.5 Å². The van der Waals surface area contributed by atoms with Crippen LogP contribution in [0.4, 0.5) is 0 Å². The van der Waals surface area contributed by atoms with Crippen LogP contribution in [0.5, 0.6) is 11.5 Å². The van der Waals surface area contributed by atoms with Gasteiger partial charge in [-0.3, -0.25) is 4.79 Å². The Hall–Kier alpha value is -4.02. The molecule has 0 aromatic heterocycles. The number of fused-ring (bicyclic) bond motifs is 2. The second kappa shape index (κ2) is 9.79. The molecule has 3 aromatic carbocycles. The maximum atomic E-state index is 13.9. The molecular formula is C27H24N2O7S. The minimum atomic E-state index is -4.15. The summed E-state index contributed by atoms with van der Waals surface area (Å²) < 4.78 is 44.5. The van der Waals surface area contributed by atoms with Gasteiger partial charge in [-0.2, -0.15) is 4.31 Å². The quantitative estimate of drug-likeness (QED) is 0.438. The summed E-state index contributed by atoms with van der Waals surface area (Å²) in [6, 6.07) is 16.4. The van der Waals surface area contributed by atoms with E-state index in [2.05, 4.69) is 4.99 Å². The van der Waals surface area contributed by atoms with E-state index in [4.69, 9.17) is 14.2 Å². The molecule has 2 heterocycles. The third-order valence-electron chi connectivity index (χ3n) is 6.20. The highest BCUT2D eigenvalue weighted by Crippen LogP contribution is 2.33. The molecule has 0 radical (unpaired) electrons. The molecule has 0 fully saturated rings. The van der Waals surface area contributed by atoms with Crippen LogP contribution in [0.15, 0.2) is 70.6 Å². The van der Waals surface area contributed by atoms with E-state index in [9.17, 15) is 18.0 Å². The van der Waals surface area contributed by atoms with Crippen molar-refractivity contribution in [3.63, 3.8) is 0 Å². The Morgan fingerprint density at radius 1 is 1.08 bits per heavy atom. The Bertz CT molecular complexity index is 1630. The molecule has 0 bridgehead atoms. The van der Waals surface area contributed by atoms with Gasteiger partial charge >= 0.3 is 5.97 Å². The second-order valence-corrected chi connectivity index (χ2v) is 10.7. The normalized spacial score (nSPS) is 16.1. The fraction of sp³-hybridized carbons (Fsp3) is 0.222. The minimum Gasteiger partial charge on any atom is -0.465 e. The van der Waals surface area contributed by atoms with Crippen molar-refractivity contribution in [1.29, 1.82) is 0 Å². The van der Waals surface area contributed by atoms with Crippen molar-refractivity contribution in [2.24, 2.45) is 10.9 Å². The van der Waals surface area contributed by atoms with Crippen LogP contribution in [0.25, 0.3) is 6.08 Å². The predicted octanol–water partition coefficient (Wildman–Crippen LogP) is 1.96. The van der Waals surface area contributed by atoms with Crippen molar-refractivity contribution < 1.29 is 32.2 Å². The first-order chi connectivity index (χ1) is 17.7. The zero-order valence-corrected chi connectivity index (χ0v) is 21.0. The van der Waals surface area contributed by atoms with Gasteiger partial charge in [-0.25, -0.2) is 18.2 Å². The number of methoxy groups -OCH3 is 1. The fourth-order valence-corrected chi connectivity index (χ4v) is 5.79. The zero-order chi connectivity index (χ0) is 26.2. The number of hydrogen-bond donors (Lipinski definition) is 0. The molecule has 37 heavy (non-hydrogen) atoms. The van der Waals surface area contributed by atoms with E-state index < -0.39 is 27.8 Å². The lowest BCUT2D eigenvalue weighted by molar-refractivity contribution is -0.120. The minimum absolute atomic E-state index is 0.0419. The standard InChI is InChI=1S/C27H24N2O7S/c1-17-6-8-23-20(10-17)12-21(26(30)28-23)15-29(14-18-7-9-24-25(11-18)36-16-35-24)37(32,33)22-5-3-4-19(13-22)27(31)34-2/h3-13,21H,14-16H2,1-2H3. The van der Waals surface area contributed by atoms with Crippen LogP contribution in [0.3, 0.4) is 0 Å². The number of nitrogens with zero attached hydrogens (tertiary/aromatic N) is 2. The maximum Gasteiger partial charge on any atom is 0.337 e. The first-order valence-corrected chi connectivity index (χ1v) is 13.0. The second-order valence-electron chi connectivity index (χ2n) is 8.79. The van der Waals surface area contributed by atoms with Crippen molar-refractivity contribution in [3.05, 3.63) is 87.9 Å². The van der Waals surface area contributed by atoms with Crippen LogP contribution in [-0.2, 0) is 26.1 Å². The molecule has 0 aliphatic carbocycles. The first kappa shape index (κ1) is 24.7. The van der Waals surface area contributed by atoms with Crippen LogP contribution in [-0.4, -0.2) is 45.0 Å². The van der Waals surface area contributed by atoms with E-state index in [1.54, 1.807) is 30.3 Å². The number of benzene rings is 3. The molecule has 9 nitrogen and oxygen atoms in total. The molecule has 10 heteroatoms. The van der Waals surface area contributed by atoms with E-state index in [0.29, 0.717) is 22.4 Å². The van der Waals surface area contributed by atoms with E-state index in [0.717, 1.165) is 10.8 Å². The molecule has 1 amide bonds. The van der Waals surface area contributed by atoms with Crippen LogP contribution >= 0.6 is 0 Å². The van der Waals surface area contributed by atoms with Crippen molar-refractivity contribution in [3.8, 4) is 11.5 Å². The summed E-state index contributed by atoms with van der Waals surface area (Å²) in [4.78, 5) is 29.1. The van der Waals surface area contributed by atoms with Crippen molar-refractivity contribution in [1.82, 2.24) is 4.31 Å². The van der Waals surface area contributed by atoms with E-state index >= 15 is 0 Å². The van der Waals surface area contributed by atoms with Crippen molar-refractivity contribution >= 4 is 28.0 Å². The number of carbonyl (C=O) groups excluding carboxylic acids is 2. The van der Waals surface area contributed by atoms with Gasteiger partial charge in [-0.1, -0.05) is 35.9 Å². The Morgan fingerprint density at radius 3 is 2.70 bits per heavy atom. The summed E-state index contributed by atoms with van der Waals surface area (Å²) >= 11 is 0. The van der Waals surface area contributed by atoms with Gasteiger partial charge in [-0.15, -0.1) is 0 Å². The summed E-state index contributed by atoms with van der Waals surface area (Å²) in [5.74, 6) is -0.777. The van der Waals surface area contributed by atoms with Gasteiger partial charge in [0.1, 0.15) is 0 Å². The lowest BCUT2D eigenvalue weighted by Gasteiger charge is -2.25. The first-order valence-electron chi connectivity index (χ1n) is 11.5. The summed E-state index contributed by atoms with van der Waals surface area (Å²) in [6.07, 6.45) is 1.75. The van der Waals surface area contributed by atoms with Crippen LogP contribution < -0.4 is 20.0 Å². The Morgan fingerprint density at radius 2 is 1.89 bits per heavy atom. The smallest absolute Gasteiger partial charge is 0.337 e. The van der Waals surface area contributed by atoms with Crippen molar-refractivity contribution in [2.75, 3.05) is 20.4 Å². The lowest BCUT2D eigenvalue weighted by atomic mass is 10.0. The molecule has 0 saturated carbocycles. The van der Waals surface area contributed by atoms with Gasteiger partial charge in [0, 0.05) is 13.1 Å². The van der Waals surface area contributed by atoms with Gasteiger partial charge in [0.05, 0.1) is 28.8 Å². The molecule has 0 saturated heterocycles. The lowest BCUT2D eigenvalue weighted by Crippen LogP contribution is -2.41. The number of aryl methyl sites for hydroxylation is 1. The number of rotatable bonds is 7. The molecular weight excluding hydrogens is 496 g/mol. The number of amides is 1. The summed E-state index contributed by atoms with van der Waals surface area (Å²) in [6.45, 7) is 1.84. The monoisotopic (exact) mass is 520 g/mol. The Kier molecular flexibility index (Phi) is 6.53. The average Bonchev–Trinajstić information content (AvgIpc) is 3.36. The van der Waals surface area contributed by atoms with Gasteiger partial charge in [0.25, 0.3) is 5.91 Å². The van der Waals surface area contributed by atoms with Gasteiger partial charge in [0.2, 0.25) is 16.8 Å². The summed E-state index contributed by atoms with van der Waals surface area (Å²) in [5, 5.41) is 1.33. The number of hydrogen-bond acceptors (Lipinski definition) is 7. The number of esters is 1. The van der Waals surface area contributed by atoms with E-state index in [1.807, 2.05) is 19.1 Å². The van der Waals surface area contributed by atoms with E-state index in [1.165, 1.54) is 35.7 Å². The number of ether oxygens (including phenoxy) is 3. The summed E-state index contributed by atoms with van der Waals surface area (Å²) in [5.41, 5.74) is 1.75. The highest BCUT2D eigenvalue weighted by atomic mass is 32.2. The molecule has 5 rings (SSSR count). The molecule has 1 unspecified atom stereocenters. The summed E-state index contributed by atoms with van der Waals surface area (Å²) in [7, 11) is -2.92. The van der Waals surface area contributed by atoms with Gasteiger partial charge < -0.3 is 14.2 Å². The number of carbonyl (C=O) groups is 2. The van der Waals surface area contributed by atoms with Crippen molar-refractivity contribution in [2.45, 2.75) is 18.4 Å².